The lowest BCUT2D eigenvalue weighted by atomic mass is 10.1. The van der Waals surface area contributed by atoms with Crippen molar-refractivity contribution in [1.82, 2.24) is 4.90 Å². The molecule has 0 spiro atoms. The first-order chi connectivity index (χ1) is 9.15. The zero-order valence-electron chi connectivity index (χ0n) is 11.7. The molecule has 1 amide bonds. The normalized spacial score (nSPS) is 18.7. The molecule has 0 radical (unpaired) electrons. The number of nitrogens with zero attached hydrogens (tertiary/aromatic N) is 2. The summed E-state index contributed by atoms with van der Waals surface area (Å²) in [6.07, 6.45) is 0.322. The molecule has 1 aliphatic heterocycles. The fourth-order valence-electron chi connectivity index (χ4n) is 2.51. The number of rotatable bonds is 4. The highest BCUT2D eigenvalue weighted by Gasteiger charge is 2.25. The maximum atomic E-state index is 12.2. The Labute approximate surface area is 114 Å². The van der Waals surface area contributed by atoms with E-state index in [1.807, 2.05) is 24.3 Å². The van der Waals surface area contributed by atoms with Gasteiger partial charge in [0.2, 0.25) is 0 Å². The van der Waals surface area contributed by atoms with Crippen LogP contribution in [0.1, 0.15) is 30.6 Å². The molecule has 1 N–H and O–H groups in total. The quantitative estimate of drug-likeness (QED) is 0.899. The third-order valence-corrected chi connectivity index (χ3v) is 3.69. The van der Waals surface area contributed by atoms with E-state index in [2.05, 4.69) is 18.7 Å². The predicted molar refractivity (Wildman–Crippen MR) is 76.5 cm³/mol. The molecule has 1 aromatic rings. The summed E-state index contributed by atoms with van der Waals surface area (Å²) in [5, 5.41) is 9.48. The van der Waals surface area contributed by atoms with Gasteiger partial charge in [-0.2, -0.15) is 0 Å². The van der Waals surface area contributed by atoms with E-state index < -0.39 is 0 Å². The molecular weight excluding hydrogens is 240 g/mol. The number of carbonyl (C=O) groups excluding carboxylic acids is 1. The summed E-state index contributed by atoms with van der Waals surface area (Å²) in [6, 6.07) is 7.74. The first kappa shape index (κ1) is 13.9. The van der Waals surface area contributed by atoms with Crippen molar-refractivity contribution in [2.75, 3.05) is 31.1 Å². The van der Waals surface area contributed by atoms with Crippen LogP contribution in [0.5, 0.6) is 0 Å². The van der Waals surface area contributed by atoms with Gasteiger partial charge in [-0.05, 0) is 44.5 Å². The zero-order chi connectivity index (χ0) is 13.8. The molecule has 1 aromatic carbocycles. The maximum Gasteiger partial charge on any atom is 0.253 e. The summed E-state index contributed by atoms with van der Waals surface area (Å²) in [6.45, 7) is 7.26. The monoisotopic (exact) mass is 262 g/mol. The Bertz CT molecular complexity index is 426. The topological polar surface area (TPSA) is 43.8 Å². The average molecular weight is 262 g/mol. The van der Waals surface area contributed by atoms with E-state index in [-0.39, 0.29) is 12.0 Å². The number of benzene rings is 1. The first-order valence-electron chi connectivity index (χ1n) is 6.98. The van der Waals surface area contributed by atoms with Crippen molar-refractivity contribution in [3.05, 3.63) is 29.8 Å². The van der Waals surface area contributed by atoms with Crippen molar-refractivity contribution in [2.24, 2.45) is 0 Å². The number of β-amino-alcohol motifs (C(OH)–C–C–N with tert-alkyl or cyclic N) is 1. The summed E-state index contributed by atoms with van der Waals surface area (Å²) in [5.41, 5.74) is 1.84. The molecule has 0 saturated carbocycles. The van der Waals surface area contributed by atoms with Crippen molar-refractivity contribution < 1.29 is 9.90 Å². The molecule has 1 aliphatic rings. The van der Waals surface area contributed by atoms with Gasteiger partial charge in [0.25, 0.3) is 5.91 Å². The van der Waals surface area contributed by atoms with E-state index in [1.165, 1.54) is 0 Å². The minimum Gasteiger partial charge on any atom is -0.391 e. The Morgan fingerprint density at radius 3 is 2.42 bits per heavy atom. The van der Waals surface area contributed by atoms with Crippen LogP contribution in [0.25, 0.3) is 0 Å². The van der Waals surface area contributed by atoms with Crippen LogP contribution < -0.4 is 4.90 Å². The second-order valence-electron chi connectivity index (χ2n) is 4.91. The molecule has 0 aliphatic carbocycles. The number of carbonyl (C=O) groups is 1. The van der Waals surface area contributed by atoms with Crippen LogP contribution in [0.4, 0.5) is 5.69 Å². The Balaban J connectivity index is 2.07. The van der Waals surface area contributed by atoms with Gasteiger partial charge < -0.3 is 14.9 Å². The van der Waals surface area contributed by atoms with E-state index in [0.29, 0.717) is 25.1 Å². The molecular formula is C15H22N2O2. The van der Waals surface area contributed by atoms with E-state index in [4.69, 9.17) is 0 Å². The van der Waals surface area contributed by atoms with Crippen molar-refractivity contribution in [3.63, 3.8) is 0 Å². The number of amides is 1. The van der Waals surface area contributed by atoms with Crippen molar-refractivity contribution in [3.8, 4) is 0 Å². The first-order valence-corrected chi connectivity index (χ1v) is 6.98. The Morgan fingerprint density at radius 1 is 1.32 bits per heavy atom. The van der Waals surface area contributed by atoms with Gasteiger partial charge in [0.1, 0.15) is 0 Å². The number of hydrogen-bond donors (Lipinski definition) is 1. The number of hydrogen-bond acceptors (Lipinski definition) is 3. The minimum absolute atomic E-state index is 0.0163. The third kappa shape index (κ3) is 3.07. The van der Waals surface area contributed by atoms with Crippen molar-refractivity contribution in [2.45, 2.75) is 26.4 Å². The lowest BCUT2D eigenvalue weighted by Gasteiger charge is -2.21. The number of aliphatic hydroxyl groups excluding tert-OH is 1. The summed E-state index contributed by atoms with van der Waals surface area (Å²) in [4.78, 5) is 16.2. The second-order valence-corrected chi connectivity index (χ2v) is 4.91. The van der Waals surface area contributed by atoms with Crippen molar-refractivity contribution >= 4 is 11.6 Å². The van der Waals surface area contributed by atoms with Gasteiger partial charge in [-0.15, -0.1) is 0 Å². The van der Waals surface area contributed by atoms with E-state index in [0.717, 1.165) is 18.8 Å². The molecule has 104 valence electrons. The molecule has 0 aromatic heterocycles. The van der Waals surface area contributed by atoms with Gasteiger partial charge >= 0.3 is 0 Å². The van der Waals surface area contributed by atoms with Gasteiger partial charge in [-0.25, -0.2) is 0 Å². The van der Waals surface area contributed by atoms with Crippen LogP contribution in [0.2, 0.25) is 0 Å². The lowest BCUT2D eigenvalue weighted by molar-refractivity contribution is 0.0765. The molecule has 0 bridgehead atoms. The standard InChI is InChI=1S/C15H22N2O2/c1-3-16(4-2)13-7-5-12(6-8-13)15(19)17-10-9-14(18)11-17/h5-8,14,18H,3-4,9-11H2,1-2H3/t14-/m1/s1. The summed E-state index contributed by atoms with van der Waals surface area (Å²) >= 11 is 0. The zero-order valence-corrected chi connectivity index (χ0v) is 11.7. The summed E-state index contributed by atoms with van der Waals surface area (Å²) in [5.74, 6) is 0.0163. The lowest BCUT2D eigenvalue weighted by Crippen LogP contribution is -2.29. The average Bonchev–Trinajstić information content (AvgIpc) is 2.87. The summed E-state index contributed by atoms with van der Waals surface area (Å²) < 4.78 is 0. The van der Waals surface area contributed by atoms with Crippen LogP contribution in [-0.4, -0.2) is 48.2 Å². The highest BCUT2D eigenvalue weighted by molar-refractivity contribution is 5.94. The highest BCUT2D eigenvalue weighted by Crippen LogP contribution is 2.18. The second kappa shape index (κ2) is 6.06. The van der Waals surface area contributed by atoms with Gasteiger partial charge in [0.15, 0.2) is 0 Å². The number of likely N-dealkylation sites (tertiary alicyclic amines) is 1. The van der Waals surface area contributed by atoms with Gasteiger partial charge in [0, 0.05) is 37.4 Å². The van der Waals surface area contributed by atoms with Crippen LogP contribution in [0, 0.1) is 0 Å². The van der Waals surface area contributed by atoms with Crippen LogP contribution in [0.15, 0.2) is 24.3 Å². The molecule has 0 unspecified atom stereocenters. The van der Waals surface area contributed by atoms with Gasteiger partial charge in [0.05, 0.1) is 6.10 Å². The highest BCUT2D eigenvalue weighted by atomic mass is 16.3. The minimum atomic E-state index is -0.362. The van der Waals surface area contributed by atoms with Crippen molar-refractivity contribution in [1.29, 1.82) is 0 Å². The molecule has 2 rings (SSSR count). The van der Waals surface area contributed by atoms with Gasteiger partial charge in [-0.3, -0.25) is 4.79 Å². The Hall–Kier alpha value is -1.55. The molecule has 1 heterocycles. The van der Waals surface area contributed by atoms with Crippen LogP contribution >= 0.6 is 0 Å². The predicted octanol–water partition coefficient (Wildman–Crippen LogP) is 1.74. The fourth-order valence-corrected chi connectivity index (χ4v) is 2.51. The largest absolute Gasteiger partial charge is 0.391 e. The molecule has 1 saturated heterocycles. The molecule has 4 nitrogen and oxygen atoms in total. The van der Waals surface area contributed by atoms with Gasteiger partial charge in [-0.1, -0.05) is 0 Å². The Morgan fingerprint density at radius 2 is 1.95 bits per heavy atom. The van der Waals surface area contributed by atoms with Crippen LogP contribution in [0.3, 0.4) is 0 Å². The van der Waals surface area contributed by atoms with E-state index >= 15 is 0 Å². The molecule has 1 fully saturated rings. The number of aliphatic hydroxyl groups is 1. The van der Waals surface area contributed by atoms with E-state index in [9.17, 15) is 9.90 Å². The SMILES string of the molecule is CCN(CC)c1ccc(C(=O)N2CC[C@@H](O)C2)cc1. The third-order valence-electron chi connectivity index (χ3n) is 3.69. The molecule has 4 heteroatoms. The Kier molecular flexibility index (Phi) is 4.43. The molecule has 1 atom stereocenters. The molecule has 19 heavy (non-hydrogen) atoms. The number of anilines is 1. The maximum absolute atomic E-state index is 12.2. The van der Waals surface area contributed by atoms with Crippen LogP contribution in [-0.2, 0) is 0 Å². The van der Waals surface area contributed by atoms with E-state index in [1.54, 1.807) is 4.90 Å². The fraction of sp³-hybridized carbons (Fsp3) is 0.533. The summed E-state index contributed by atoms with van der Waals surface area (Å²) in [7, 11) is 0. The smallest absolute Gasteiger partial charge is 0.253 e.